The lowest BCUT2D eigenvalue weighted by atomic mass is 10.1. The Bertz CT molecular complexity index is 1090. The summed E-state index contributed by atoms with van der Waals surface area (Å²) in [5, 5.41) is 0.877. The molecule has 0 aliphatic rings. The van der Waals surface area contributed by atoms with Gasteiger partial charge in [0.2, 0.25) is 0 Å². The molecule has 1 atom stereocenters. The number of ketones is 1. The molecule has 0 saturated heterocycles. The van der Waals surface area contributed by atoms with Gasteiger partial charge in [0.05, 0.1) is 10.6 Å². The molecule has 146 valence electrons. The van der Waals surface area contributed by atoms with Crippen LogP contribution < -0.4 is 5.56 Å². The van der Waals surface area contributed by atoms with Gasteiger partial charge in [0.1, 0.15) is 4.83 Å². The second-order valence-corrected chi connectivity index (χ2v) is 9.25. The van der Waals surface area contributed by atoms with Gasteiger partial charge in [-0.25, -0.2) is 4.98 Å². The van der Waals surface area contributed by atoms with Crippen LogP contribution in [0, 0.1) is 13.8 Å². The number of carbonyl (C=O) groups is 1. The third kappa shape index (κ3) is 3.84. The number of hydrogen-bond acceptors (Lipinski definition) is 5. The number of aromatic nitrogens is 2. The maximum Gasteiger partial charge on any atom is 0.263 e. The van der Waals surface area contributed by atoms with Gasteiger partial charge >= 0.3 is 0 Å². The Hall–Kier alpha value is -2.18. The van der Waals surface area contributed by atoms with Crippen molar-refractivity contribution in [3.63, 3.8) is 0 Å². The first kappa shape index (κ1) is 20.6. The summed E-state index contributed by atoms with van der Waals surface area (Å²) in [5.41, 5.74) is 2.79. The number of benzene rings is 1. The quantitative estimate of drug-likeness (QED) is 0.232. The molecule has 4 nitrogen and oxygen atoms in total. The molecule has 0 aliphatic carbocycles. The van der Waals surface area contributed by atoms with Crippen LogP contribution in [0.2, 0.25) is 0 Å². The van der Waals surface area contributed by atoms with Crippen LogP contribution in [-0.2, 0) is 13.0 Å². The summed E-state index contributed by atoms with van der Waals surface area (Å²) in [6, 6.07) is 7.72. The van der Waals surface area contributed by atoms with Gasteiger partial charge in [-0.15, -0.1) is 17.9 Å². The van der Waals surface area contributed by atoms with Crippen molar-refractivity contribution in [1.82, 2.24) is 9.55 Å². The van der Waals surface area contributed by atoms with Gasteiger partial charge < -0.3 is 0 Å². The summed E-state index contributed by atoms with van der Waals surface area (Å²) in [6.07, 6.45) is 2.62. The van der Waals surface area contributed by atoms with Gasteiger partial charge in [-0.3, -0.25) is 14.2 Å². The monoisotopic (exact) mass is 412 g/mol. The summed E-state index contributed by atoms with van der Waals surface area (Å²) in [6.45, 7) is 12.0. The molecule has 28 heavy (non-hydrogen) atoms. The minimum atomic E-state index is -0.352. The van der Waals surface area contributed by atoms with Crippen molar-refractivity contribution in [2.75, 3.05) is 0 Å². The van der Waals surface area contributed by atoms with Crippen LogP contribution in [0.15, 0.2) is 46.9 Å². The van der Waals surface area contributed by atoms with E-state index in [1.54, 1.807) is 10.6 Å². The lowest BCUT2D eigenvalue weighted by Crippen LogP contribution is -2.24. The minimum absolute atomic E-state index is 0.0330. The third-order valence-corrected chi connectivity index (χ3v) is 7.05. The standard InChI is InChI=1S/C22H24N2O2S2/c1-6-12-24-21(26)18-13(3)14(4)27-20(18)23-22(24)28-15(5)19(25)17-10-8-16(7-2)9-11-17/h6,8-11,15H,1,7,12H2,2-5H3/t15-/m0/s1. The highest BCUT2D eigenvalue weighted by Crippen LogP contribution is 2.30. The number of thiophene rings is 1. The van der Waals surface area contributed by atoms with Crippen molar-refractivity contribution >= 4 is 39.1 Å². The number of nitrogens with zero attached hydrogens (tertiary/aromatic N) is 2. The molecule has 1 aromatic carbocycles. The van der Waals surface area contributed by atoms with Crippen molar-refractivity contribution in [3.8, 4) is 0 Å². The maximum atomic E-state index is 13.0. The van der Waals surface area contributed by atoms with Crippen LogP contribution >= 0.6 is 23.1 Å². The fourth-order valence-corrected chi connectivity index (χ4v) is 5.11. The SMILES string of the molecule is C=CCn1c(S[C@@H](C)C(=O)c2ccc(CC)cc2)nc2sc(C)c(C)c2c1=O. The van der Waals surface area contributed by atoms with E-state index < -0.39 is 0 Å². The van der Waals surface area contributed by atoms with Crippen LogP contribution in [0.3, 0.4) is 0 Å². The average molecular weight is 413 g/mol. The normalized spacial score (nSPS) is 12.3. The van der Waals surface area contributed by atoms with Crippen molar-refractivity contribution in [2.24, 2.45) is 0 Å². The molecular weight excluding hydrogens is 388 g/mol. The number of carbonyl (C=O) groups excluding carboxylic acids is 1. The summed E-state index contributed by atoms with van der Waals surface area (Å²) in [7, 11) is 0. The molecule has 0 saturated carbocycles. The molecule has 0 N–H and O–H groups in total. The van der Waals surface area contributed by atoms with Gasteiger partial charge in [-0.1, -0.05) is 49.0 Å². The number of rotatable bonds is 7. The highest BCUT2D eigenvalue weighted by molar-refractivity contribution is 8.00. The second kappa shape index (κ2) is 8.45. The Kier molecular flexibility index (Phi) is 6.20. The highest BCUT2D eigenvalue weighted by Gasteiger charge is 2.22. The zero-order valence-electron chi connectivity index (χ0n) is 16.6. The first-order valence-corrected chi connectivity index (χ1v) is 11.0. The summed E-state index contributed by atoms with van der Waals surface area (Å²) < 4.78 is 1.61. The topological polar surface area (TPSA) is 52.0 Å². The van der Waals surface area contributed by atoms with E-state index in [0.717, 1.165) is 21.7 Å². The third-order valence-electron chi connectivity index (χ3n) is 4.86. The smallest absolute Gasteiger partial charge is 0.263 e. The van der Waals surface area contributed by atoms with E-state index in [4.69, 9.17) is 4.98 Å². The van der Waals surface area contributed by atoms with E-state index in [1.807, 2.05) is 45.0 Å². The Balaban J connectivity index is 1.97. The van der Waals surface area contributed by atoms with Crippen molar-refractivity contribution < 1.29 is 4.79 Å². The van der Waals surface area contributed by atoms with Crippen LogP contribution in [0.1, 0.15) is 40.2 Å². The zero-order valence-corrected chi connectivity index (χ0v) is 18.2. The molecule has 2 aromatic heterocycles. The number of allylic oxidation sites excluding steroid dienone is 1. The van der Waals surface area contributed by atoms with E-state index in [9.17, 15) is 9.59 Å². The molecule has 0 radical (unpaired) electrons. The predicted octanol–water partition coefficient (Wildman–Crippen LogP) is 5.19. The summed E-state index contributed by atoms with van der Waals surface area (Å²) >= 11 is 2.85. The van der Waals surface area contributed by atoms with Gasteiger partial charge in [0.15, 0.2) is 10.9 Å². The Morgan fingerprint density at radius 2 is 2.00 bits per heavy atom. The van der Waals surface area contributed by atoms with E-state index in [0.29, 0.717) is 22.7 Å². The molecule has 2 heterocycles. The van der Waals surface area contributed by atoms with Gasteiger partial charge in [0.25, 0.3) is 5.56 Å². The van der Waals surface area contributed by atoms with Crippen molar-refractivity contribution in [3.05, 3.63) is 68.8 Å². The minimum Gasteiger partial charge on any atom is -0.293 e. The highest BCUT2D eigenvalue weighted by atomic mass is 32.2. The largest absolute Gasteiger partial charge is 0.293 e. The first-order chi connectivity index (χ1) is 13.4. The Morgan fingerprint density at radius 1 is 1.32 bits per heavy atom. The fraction of sp³-hybridized carbons (Fsp3) is 0.318. The van der Waals surface area contributed by atoms with Crippen molar-refractivity contribution in [1.29, 1.82) is 0 Å². The van der Waals surface area contributed by atoms with Crippen LogP contribution in [-0.4, -0.2) is 20.6 Å². The van der Waals surface area contributed by atoms with Crippen molar-refractivity contribution in [2.45, 2.75) is 51.1 Å². The van der Waals surface area contributed by atoms with Gasteiger partial charge in [0, 0.05) is 17.0 Å². The predicted molar refractivity (Wildman–Crippen MR) is 119 cm³/mol. The second-order valence-electron chi connectivity index (χ2n) is 6.74. The molecule has 0 unspecified atom stereocenters. The summed E-state index contributed by atoms with van der Waals surface area (Å²) in [5.74, 6) is 0.0330. The van der Waals surface area contributed by atoms with Gasteiger partial charge in [-0.05, 0) is 38.3 Å². The molecular formula is C22H24N2O2S2. The van der Waals surface area contributed by atoms with Crippen LogP contribution in [0.4, 0.5) is 0 Å². The molecule has 0 aliphatic heterocycles. The van der Waals surface area contributed by atoms with Gasteiger partial charge in [-0.2, -0.15) is 0 Å². The van der Waals surface area contributed by atoms with Crippen LogP contribution in [0.25, 0.3) is 10.2 Å². The van der Waals surface area contributed by atoms with E-state index in [-0.39, 0.29) is 16.6 Å². The molecule has 0 bridgehead atoms. The Morgan fingerprint density at radius 3 is 2.61 bits per heavy atom. The lowest BCUT2D eigenvalue weighted by molar-refractivity contribution is 0.0994. The lowest BCUT2D eigenvalue weighted by Gasteiger charge is -2.14. The Labute approximate surface area is 173 Å². The molecule has 3 rings (SSSR count). The zero-order chi connectivity index (χ0) is 20.4. The first-order valence-electron chi connectivity index (χ1n) is 9.28. The molecule has 6 heteroatoms. The maximum absolute atomic E-state index is 13.0. The fourth-order valence-electron chi connectivity index (χ4n) is 3.04. The molecule has 0 amide bonds. The summed E-state index contributed by atoms with van der Waals surface area (Å²) in [4.78, 5) is 32.5. The number of aryl methyl sites for hydroxylation is 3. The molecule has 3 aromatic rings. The van der Waals surface area contributed by atoms with E-state index >= 15 is 0 Å². The average Bonchev–Trinajstić information content (AvgIpc) is 2.98. The number of fused-ring (bicyclic) bond motifs is 1. The van der Waals surface area contributed by atoms with E-state index in [1.165, 1.54) is 28.7 Å². The van der Waals surface area contributed by atoms with E-state index in [2.05, 4.69) is 13.5 Å². The number of hydrogen-bond donors (Lipinski definition) is 0. The molecule has 0 fully saturated rings. The number of Topliss-reactive ketones (excluding diaryl/α,β-unsaturated/α-hetero) is 1. The number of thioether (sulfide) groups is 1. The van der Waals surface area contributed by atoms with Crippen LogP contribution in [0.5, 0.6) is 0 Å². The molecule has 0 spiro atoms.